The van der Waals surface area contributed by atoms with Crippen molar-refractivity contribution in [2.24, 2.45) is 0 Å². The van der Waals surface area contributed by atoms with Gasteiger partial charge in [-0.1, -0.05) is 6.92 Å². The summed E-state index contributed by atoms with van der Waals surface area (Å²) in [4.78, 5) is 0. The molecule has 2 rings (SSSR count). The van der Waals surface area contributed by atoms with Gasteiger partial charge < -0.3 is 14.5 Å². The summed E-state index contributed by atoms with van der Waals surface area (Å²) < 4.78 is 11.1. The van der Waals surface area contributed by atoms with Gasteiger partial charge in [0.05, 0.1) is 6.04 Å². The molecule has 0 bridgehead atoms. The van der Waals surface area contributed by atoms with Crippen molar-refractivity contribution in [1.82, 2.24) is 15.5 Å². The van der Waals surface area contributed by atoms with Crippen LogP contribution in [-0.2, 0) is 4.74 Å². The Morgan fingerprint density at radius 1 is 1.50 bits per heavy atom. The van der Waals surface area contributed by atoms with Crippen molar-refractivity contribution in [1.29, 1.82) is 0 Å². The van der Waals surface area contributed by atoms with E-state index >= 15 is 0 Å². The molecule has 1 N–H and O–H groups in total. The maximum absolute atomic E-state index is 5.62. The third-order valence-electron chi connectivity index (χ3n) is 2.73. The van der Waals surface area contributed by atoms with Crippen molar-refractivity contribution in [3.8, 4) is 0 Å². The Morgan fingerprint density at radius 2 is 2.38 bits per heavy atom. The predicted molar refractivity (Wildman–Crippen MR) is 58.9 cm³/mol. The molecule has 0 spiro atoms. The van der Waals surface area contributed by atoms with Crippen molar-refractivity contribution in [2.75, 3.05) is 13.2 Å². The molecular weight excluding hydrogens is 206 g/mol. The van der Waals surface area contributed by atoms with Gasteiger partial charge in [0.25, 0.3) is 0 Å². The number of ether oxygens (including phenoxy) is 1. The summed E-state index contributed by atoms with van der Waals surface area (Å²) >= 11 is 0. The van der Waals surface area contributed by atoms with Gasteiger partial charge in [0.15, 0.2) is 0 Å². The quantitative estimate of drug-likeness (QED) is 0.830. The van der Waals surface area contributed by atoms with E-state index in [0.29, 0.717) is 11.8 Å². The molecule has 1 aromatic rings. The Bertz CT molecular complexity index is 321. The third kappa shape index (κ3) is 2.59. The van der Waals surface area contributed by atoms with Crippen LogP contribution in [0.3, 0.4) is 0 Å². The highest BCUT2D eigenvalue weighted by Gasteiger charge is 2.24. The minimum absolute atomic E-state index is 0.0135. The van der Waals surface area contributed by atoms with Crippen LogP contribution in [0.2, 0.25) is 0 Å². The first-order valence-corrected chi connectivity index (χ1v) is 5.99. The Labute approximate surface area is 95.6 Å². The summed E-state index contributed by atoms with van der Waals surface area (Å²) in [6.45, 7) is 5.92. The number of hydrogen-bond acceptors (Lipinski definition) is 5. The first-order chi connectivity index (χ1) is 7.81. The van der Waals surface area contributed by atoms with E-state index in [-0.39, 0.29) is 12.1 Å². The molecule has 0 saturated carbocycles. The summed E-state index contributed by atoms with van der Waals surface area (Å²) in [5.74, 6) is 1.27. The van der Waals surface area contributed by atoms with Crippen molar-refractivity contribution < 1.29 is 9.15 Å². The van der Waals surface area contributed by atoms with Crippen LogP contribution in [0.1, 0.15) is 57.0 Å². The standard InChI is InChI=1S/C11H19N3O2/c1-3-6-12-8(2)10-13-14-11(16-10)9-5-4-7-15-9/h8-9,12H,3-7H2,1-2H3. The van der Waals surface area contributed by atoms with Gasteiger partial charge in [-0.2, -0.15) is 0 Å². The molecule has 1 aliphatic rings. The zero-order valence-corrected chi connectivity index (χ0v) is 9.90. The van der Waals surface area contributed by atoms with E-state index in [1.807, 2.05) is 6.92 Å². The number of hydrogen-bond donors (Lipinski definition) is 1. The second kappa shape index (κ2) is 5.41. The van der Waals surface area contributed by atoms with Crippen LogP contribution in [0.4, 0.5) is 0 Å². The van der Waals surface area contributed by atoms with Gasteiger partial charge in [-0.15, -0.1) is 10.2 Å². The van der Waals surface area contributed by atoms with Crippen molar-refractivity contribution in [3.63, 3.8) is 0 Å². The van der Waals surface area contributed by atoms with Crippen molar-refractivity contribution in [3.05, 3.63) is 11.8 Å². The Kier molecular flexibility index (Phi) is 3.90. The normalized spacial score (nSPS) is 22.5. The lowest BCUT2D eigenvalue weighted by Crippen LogP contribution is -2.19. The first-order valence-electron chi connectivity index (χ1n) is 5.99. The van der Waals surface area contributed by atoms with Crippen LogP contribution in [0.5, 0.6) is 0 Å². The molecule has 90 valence electrons. The number of nitrogens with one attached hydrogen (secondary N) is 1. The minimum atomic E-state index is 0.0135. The SMILES string of the molecule is CCCNC(C)c1nnc(C2CCCO2)o1. The van der Waals surface area contributed by atoms with Gasteiger partial charge in [-0.25, -0.2) is 0 Å². The average molecular weight is 225 g/mol. The third-order valence-corrected chi connectivity index (χ3v) is 2.73. The van der Waals surface area contributed by atoms with Gasteiger partial charge in [-0.05, 0) is 32.7 Å². The molecule has 16 heavy (non-hydrogen) atoms. The Balaban J connectivity index is 1.95. The lowest BCUT2D eigenvalue weighted by atomic mass is 10.2. The van der Waals surface area contributed by atoms with E-state index < -0.39 is 0 Å². The largest absolute Gasteiger partial charge is 0.421 e. The molecule has 1 saturated heterocycles. The molecule has 0 amide bonds. The van der Waals surface area contributed by atoms with Crippen LogP contribution >= 0.6 is 0 Å². The second-order valence-electron chi connectivity index (χ2n) is 4.16. The van der Waals surface area contributed by atoms with Gasteiger partial charge in [-0.3, -0.25) is 0 Å². The molecule has 0 aliphatic carbocycles. The van der Waals surface area contributed by atoms with Crippen LogP contribution in [0.25, 0.3) is 0 Å². The van der Waals surface area contributed by atoms with E-state index in [4.69, 9.17) is 9.15 Å². The molecule has 1 fully saturated rings. The van der Waals surface area contributed by atoms with Gasteiger partial charge in [0, 0.05) is 6.61 Å². The Morgan fingerprint density at radius 3 is 3.06 bits per heavy atom. The molecule has 5 nitrogen and oxygen atoms in total. The lowest BCUT2D eigenvalue weighted by Gasteiger charge is -2.08. The summed E-state index contributed by atoms with van der Waals surface area (Å²) in [7, 11) is 0. The molecular formula is C11H19N3O2. The van der Waals surface area contributed by atoms with Crippen LogP contribution < -0.4 is 5.32 Å². The van der Waals surface area contributed by atoms with Crippen molar-refractivity contribution in [2.45, 2.75) is 45.3 Å². The van der Waals surface area contributed by atoms with Crippen molar-refractivity contribution >= 4 is 0 Å². The molecule has 2 heterocycles. The molecule has 1 aromatic heterocycles. The topological polar surface area (TPSA) is 60.2 Å². The second-order valence-corrected chi connectivity index (χ2v) is 4.16. The fraction of sp³-hybridized carbons (Fsp3) is 0.818. The zero-order chi connectivity index (χ0) is 11.4. The van der Waals surface area contributed by atoms with Gasteiger partial charge >= 0.3 is 0 Å². The summed E-state index contributed by atoms with van der Waals surface area (Å²) in [5.41, 5.74) is 0. The van der Waals surface area contributed by atoms with E-state index in [1.165, 1.54) is 0 Å². The van der Waals surface area contributed by atoms with Gasteiger partial charge in [0.2, 0.25) is 11.8 Å². The molecule has 0 aromatic carbocycles. The molecule has 5 heteroatoms. The highest BCUT2D eigenvalue weighted by molar-refractivity contribution is 4.92. The lowest BCUT2D eigenvalue weighted by molar-refractivity contribution is 0.0875. The van der Waals surface area contributed by atoms with E-state index in [2.05, 4.69) is 22.4 Å². The van der Waals surface area contributed by atoms with Crippen LogP contribution in [0, 0.1) is 0 Å². The van der Waals surface area contributed by atoms with E-state index in [9.17, 15) is 0 Å². The summed E-state index contributed by atoms with van der Waals surface area (Å²) in [6.07, 6.45) is 3.17. The van der Waals surface area contributed by atoms with E-state index in [1.54, 1.807) is 0 Å². The smallest absolute Gasteiger partial charge is 0.245 e. The summed E-state index contributed by atoms with van der Waals surface area (Å²) in [5, 5.41) is 11.4. The maximum atomic E-state index is 5.62. The fourth-order valence-corrected chi connectivity index (χ4v) is 1.77. The van der Waals surface area contributed by atoms with E-state index in [0.717, 1.165) is 32.4 Å². The molecule has 2 unspecified atom stereocenters. The summed E-state index contributed by atoms with van der Waals surface area (Å²) in [6, 6.07) is 0.114. The monoisotopic (exact) mass is 225 g/mol. The fourth-order valence-electron chi connectivity index (χ4n) is 1.77. The number of nitrogens with zero attached hydrogens (tertiary/aromatic N) is 2. The zero-order valence-electron chi connectivity index (χ0n) is 9.90. The minimum Gasteiger partial charge on any atom is -0.421 e. The average Bonchev–Trinajstić information content (AvgIpc) is 2.94. The molecule has 0 radical (unpaired) electrons. The van der Waals surface area contributed by atoms with Crippen LogP contribution in [0.15, 0.2) is 4.42 Å². The maximum Gasteiger partial charge on any atom is 0.245 e. The Hall–Kier alpha value is -0.940. The predicted octanol–water partition coefficient (Wildman–Crippen LogP) is 1.98. The molecule has 1 aliphatic heterocycles. The van der Waals surface area contributed by atoms with Crippen LogP contribution in [-0.4, -0.2) is 23.3 Å². The number of rotatable bonds is 5. The highest BCUT2D eigenvalue weighted by Crippen LogP contribution is 2.28. The first kappa shape index (κ1) is 11.5. The van der Waals surface area contributed by atoms with Gasteiger partial charge in [0.1, 0.15) is 6.10 Å². The number of aromatic nitrogens is 2. The molecule has 2 atom stereocenters. The highest BCUT2D eigenvalue weighted by atomic mass is 16.5.